The molecule has 11 heteroatoms. The first-order valence-electron chi connectivity index (χ1n) is 9.05. The maximum absolute atomic E-state index is 12.7. The summed E-state index contributed by atoms with van der Waals surface area (Å²) < 4.78 is 55.9. The smallest absolute Gasteiger partial charge is 0.252 e. The fourth-order valence-electron chi connectivity index (χ4n) is 3.59. The van der Waals surface area contributed by atoms with Crippen molar-refractivity contribution >= 4 is 15.8 Å². The van der Waals surface area contributed by atoms with Gasteiger partial charge in [-0.25, -0.2) is 17.2 Å². The number of hydrogen-bond donors (Lipinski definition) is 2. The molecule has 0 saturated heterocycles. The van der Waals surface area contributed by atoms with Crippen LogP contribution in [0, 0.1) is 11.5 Å². The number of hydrogen-bond acceptors (Lipinski definition) is 8. The summed E-state index contributed by atoms with van der Waals surface area (Å²) in [5.41, 5.74) is -0.683. The normalized spacial score (nSPS) is 23.6. The van der Waals surface area contributed by atoms with Crippen LogP contribution in [0.2, 0.25) is 0 Å². The molecule has 2 heterocycles. The second-order valence-corrected chi connectivity index (χ2v) is 9.49. The molecule has 1 aromatic carbocycles. The van der Waals surface area contributed by atoms with Crippen LogP contribution in [0.4, 0.5) is 8.78 Å². The van der Waals surface area contributed by atoms with E-state index < -0.39 is 39.8 Å². The predicted octanol–water partition coefficient (Wildman–Crippen LogP) is 1.43. The summed E-state index contributed by atoms with van der Waals surface area (Å²) in [5, 5.41) is 22.5. The van der Waals surface area contributed by atoms with Gasteiger partial charge in [0.05, 0.1) is 10.9 Å². The van der Waals surface area contributed by atoms with Crippen molar-refractivity contribution in [2.24, 2.45) is 4.99 Å². The molecule has 0 amide bonds. The number of ether oxygens (including phenoxy) is 1. The van der Waals surface area contributed by atoms with Gasteiger partial charge < -0.3 is 14.7 Å². The number of aliphatic imine (C=N–C) groups is 1. The lowest BCUT2D eigenvalue weighted by molar-refractivity contribution is -0.0826. The third kappa shape index (κ3) is 4.13. The van der Waals surface area contributed by atoms with Crippen LogP contribution >= 0.6 is 0 Å². The number of rotatable bonds is 4. The maximum Gasteiger partial charge on any atom is 0.252 e. The molecule has 1 aromatic rings. The average Bonchev–Trinajstić information content (AvgIpc) is 2.62. The Morgan fingerprint density at radius 3 is 2.86 bits per heavy atom. The van der Waals surface area contributed by atoms with Crippen molar-refractivity contribution in [3.05, 3.63) is 23.8 Å². The summed E-state index contributed by atoms with van der Waals surface area (Å²) in [4.78, 5) is 5.69. The van der Waals surface area contributed by atoms with Crippen LogP contribution in [0.1, 0.15) is 31.9 Å². The number of fused-ring (bicyclic) bond motifs is 1. The molecule has 0 bridgehead atoms. The number of nitrogens with one attached hydrogen (secondary N) is 1. The van der Waals surface area contributed by atoms with Crippen LogP contribution in [0.25, 0.3) is 0 Å². The lowest BCUT2D eigenvalue weighted by Gasteiger charge is -2.47. The molecule has 29 heavy (non-hydrogen) atoms. The summed E-state index contributed by atoms with van der Waals surface area (Å²) >= 11 is 0. The molecule has 158 valence electrons. The highest BCUT2D eigenvalue weighted by atomic mass is 32.2. The molecular weight excluding hydrogens is 406 g/mol. The lowest BCUT2D eigenvalue weighted by Crippen LogP contribution is -2.57. The van der Waals surface area contributed by atoms with E-state index in [9.17, 15) is 22.3 Å². The molecule has 2 aliphatic rings. The number of halogens is 2. The van der Waals surface area contributed by atoms with Gasteiger partial charge in [0.25, 0.3) is 6.43 Å². The zero-order chi connectivity index (χ0) is 21.4. The number of alkyl halides is 2. The van der Waals surface area contributed by atoms with E-state index in [2.05, 4.69) is 10.3 Å². The summed E-state index contributed by atoms with van der Waals surface area (Å²) in [6, 6.07) is 3.11. The van der Waals surface area contributed by atoms with E-state index >= 15 is 0 Å². The number of aliphatic hydroxyl groups excluding tert-OH is 1. The first-order chi connectivity index (χ1) is 13.6. The average molecular weight is 428 g/mol. The highest BCUT2D eigenvalue weighted by Crippen LogP contribution is 2.44. The Morgan fingerprint density at radius 1 is 1.48 bits per heavy atom. The van der Waals surface area contributed by atoms with Crippen LogP contribution < -0.4 is 10.1 Å². The second kappa shape index (κ2) is 7.76. The van der Waals surface area contributed by atoms with Gasteiger partial charge in [-0.3, -0.25) is 10.3 Å². The predicted molar refractivity (Wildman–Crippen MR) is 100 cm³/mol. The molecule has 2 N–H and O–H groups in total. The Labute approximate surface area is 167 Å². The van der Waals surface area contributed by atoms with Crippen molar-refractivity contribution in [3.63, 3.8) is 0 Å². The van der Waals surface area contributed by atoms with Crippen LogP contribution in [-0.4, -0.2) is 61.4 Å². The molecule has 8 nitrogen and oxygen atoms in total. The molecule has 0 radical (unpaired) electrons. The van der Waals surface area contributed by atoms with Gasteiger partial charge in [-0.1, -0.05) is 0 Å². The summed E-state index contributed by atoms with van der Waals surface area (Å²) in [7, 11) is -4.22. The largest absolute Gasteiger partial charge is 0.485 e. The minimum Gasteiger partial charge on any atom is -0.485 e. The first-order valence-corrected chi connectivity index (χ1v) is 10.7. The molecule has 0 fully saturated rings. The second-order valence-electron chi connectivity index (χ2n) is 7.46. The standard InChI is InChI=1S/C18H22F2N4O4S/c1-18(2)16(25)15(24-7-3-6-22-17(24)23-10-21)12-8-11(4-5-13(12)28-18)29(26,27)9-14(19)20/h4-5,8,14-16,25H,3,6-7,9H2,1-2H3,(H,22,23). The SMILES string of the molecule is CC1(C)Oc2ccc(S(=O)(=O)CC(F)F)cc2C(N2CCCN=C2NC#N)C1O. The molecular formula is C18H22F2N4O4S. The molecule has 0 aromatic heterocycles. The van der Waals surface area contributed by atoms with Crippen molar-refractivity contribution in [1.29, 1.82) is 5.26 Å². The summed E-state index contributed by atoms with van der Waals surface area (Å²) in [6.45, 7) is 4.33. The van der Waals surface area contributed by atoms with Gasteiger partial charge in [0.1, 0.15) is 23.2 Å². The van der Waals surface area contributed by atoms with Gasteiger partial charge in [0.2, 0.25) is 5.96 Å². The van der Waals surface area contributed by atoms with E-state index in [1.165, 1.54) is 18.2 Å². The van der Waals surface area contributed by atoms with Crippen molar-refractivity contribution in [2.75, 3.05) is 18.8 Å². The maximum atomic E-state index is 12.7. The third-order valence-corrected chi connectivity index (χ3v) is 6.65. The lowest BCUT2D eigenvalue weighted by atomic mass is 9.85. The molecule has 0 aliphatic carbocycles. The minimum atomic E-state index is -4.22. The zero-order valence-corrected chi connectivity index (χ0v) is 16.8. The van der Waals surface area contributed by atoms with Crippen molar-refractivity contribution in [2.45, 2.75) is 49.3 Å². The zero-order valence-electron chi connectivity index (χ0n) is 16.0. The Hall–Kier alpha value is -2.45. The van der Waals surface area contributed by atoms with Crippen LogP contribution in [0.5, 0.6) is 5.75 Å². The highest BCUT2D eigenvalue weighted by molar-refractivity contribution is 7.91. The highest BCUT2D eigenvalue weighted by Gasteiger charge is 2.47. The third-order valence-electron chi connectivity index (χ3n) is 4.98. The van der Waals surface area contributed by atoms with Gasteiger partial charge in [0.15, 0.2) is 16.0 Å². The fraction of sp³-hybridized carbons (Fsp3) is 0.556. The topological polar surface area (TPSA) is 115 Å². The van der Waals surface area contributed by atoms with Crippen LogP contribution in [-0.2, 0) is 9.84 Å². The number of nitrogens with zero attached hydrogens (tertiary/aromatic N) is 3. The number of benzene rings is 1. The Balaban J connectivity index is 2.12. The minimum absolute atomic E-state index is 0.257. The Morgan fingerprint density at radius 2 is 2.21 bits per heavy atom. The van der Waals surface area contributed by atoms with Gasteiger partial charge in [-0.05, 0) is 38.5 Å². The van der Waals surface area contributed by atoms with Gasteiger partial charge in [0, 0.05) is 18.7 Å². The van der Waals surface area contributed by atoms with Crippen molar-refractivity contribution < 1.29 is 27.0 Å². The fourth-order valence-corrected chi connectivity index (χ4v) is 4.70. The quantitative estimate of drug-likeness (QED) is 0.551. The summed E-state index contributed by atoms with van der Waals surface area (Å²) in [6.07, 6.45) is -1.64. The van der Waals surface area contributed by atoms with Gasteiger partial charge >= 0.3 is 0 Å². The summed E-state index contributed by atoms with van der Waals surface area (Å²) in [5.74, 6) is -0.701. The molecule has 0 spiro atoms. The molecule has 0 saturated carbocycles. The van der Waals surface area contributed by atoms with Gasteiger partial charge in [-0.15, -0.1) is 0 Å². The van der Waals surface area contributed by atoms with Crippen LogP contribution in [0.15, 0.2) is 28.1 Å². The van der Waals surface area contributed by atoms with E-state index in [0.717, 1.165) is 0 Å². The first kappa shape index (κ1) is 21.3. The number of nitriles is 1. The molecule has 2 unspecified atom stereocenters. The molecule has 2 atom stereocenters. The van der Waals surface area contributed by atoms with E-state index in [-0.39, 0.29) is 10.9 Å². The van der Waals surface area contributed by atoms with Crippen LogP contribution in [0.3, 0.4) is 0 Å². The van der Waals surface area contributed by atoms with Crippen molar-refractivity contribution in [1.82, 2.24) is 10.2 Å². The van der Waals surface area contributed by atoms with E-state index in [1.54, 1.807) is 18.7 Å². The monoisotopic (exact) mass is 428 g/mol. The molecule has 2 aliphatic heterocycles. The van der Waals surface area contributed by atoms with Gasteiger partial charge in [-0.2, -0.15) is 5.26 Å². The van der Waals surface area contributed by atoms with Crippen molar-refractivity contribution in [3.8, 4) is 11.9 Å². The Bertz CT molecular complexity index is 959. The number of guanidine groups is 1. The number of sulfone groups is 1. The molecule has 3 rings (SSSR count). The number of aliphatic hydroxyl groups is 1. The van der Waals surface area contributed by atoms with E-state index in [4.69, 9.17) is 10.00 Å². The van der Waals surface area contributed by atoms with E-state index in [0.29, 0.717) is 30.8 Å². The van der Waals surface area contributed by atoms with E-state index in [1.807, 2.05) is 6.19 Å². The Kier molecular flexibility index (Phi) is 5.69.